The minimum atomic E-state index is 0.0596. The molecule has 0 atom stereocenters. The van der Waals surface area contributed by atoms with Crippen molar-refractivity contribution in [1.82, 2.24) is 0 Å². The van der Waals surface area contributed by atoms with E-state index in [0.29, 0.717) is 0 Å². The minimum absolute atomic E-state index is 0.0596. The Bertz CT molecular complexity index is 192. The van der Waals surface area contributed by atoms with Crippen molar-refractivity contribution in [3.8, 4) is 0 Å². The first kappa shape index (κ1) is 8.75. The topological polar surface area (TPSA) is 9.23 Å². The summed E-state index contributed by atoms with van der Waals surface area (Å²) in [6.07, 6.45) is 8.71. The maximum Gasteiger partial charge on any atom is 0.146 e. The van der Waals surface area contributed by atoms with Gasteiger partial charge in [-0.15, -0.1) is 0 Å². The molecule has 0 aliphatic heterocycles. The molecule has 0 saturated carbocycles. The Labute approximate surface area is 71.7 Å². The average Bonchev–Trinajstić information content (AvgIpc) is 2.39. The molecule has 2 heteroatoms. The highest BCUT2D eigenvalue weighted by Crippen LogP contribution is 2.23. The molecule has 1 rings (SSSR count). The molecule has 62 valence electrons. The Morgan fingerprint density at radius 2 is 2.36 bits per heavy atom. The zero-order valence-corrected chi connectivity index (χ0v) is 9.55. The monoisotopic (exact) mass is 168 g/mol. The van der Waals surface area contributed by atoms with E-state index >= 15 is 0 Å². The first-order chi connectivity index (χ1) is 5.14. The fraction of sp³-hybridized carbons (Fsp3) is 0.556. The zero-order chi connectivity index (χ0) is 8.32. The van der Waals surface area contributed by atoms with Gasteiger partial charge in [-0.3, -0.25) is 0 Å². The predicted octanol–water partition coefficient (Wildman–Crippen LogP) is 1.34. The van der Waals surface area contributed by atoms with Gasteiger partial charge in [0.05, 0.1) is 5.60 Å². The van der Waals surface area contributed by atoms with Crippen molar-refractivity contribution >= 4 is 10.5 Å². The van der Waals surface area contributed by atoms with E-state index in [9.17, 15) is 0 Å². The van der Waals surface area contributed by atoms with Gasteiger partial charge in [-0.05, 0) is 26.7 Å². The van der Waals surface area contributed by atoms with Gasteiger partial charge in [-0.25, -0.2) is 0 Å². The van der Waals surface area contributed by atoms with E-state index in [1.165, 1.54) is 5.57 Å². The smallest absolute Gasteiger partial charge is 0.146 e. The Hall–Kier alpha value is -0.343. The molecule has 0 heterocycles. The molecule has 0 saturated heterocycles. The summed E-state index contributed by atoms with van der Waals surface area (Å²) >= 11 is 0. The Morgan fingerprint density at radius 3 is 2.82 bits per heavy atom. The SMILES string of the molecule is CC(C)(CC1=CC=CC1)O[SiH3]. The third-order valence-corrected chi connectivity index (χ3v) is 3.16. The van der Waals surface area contributed by atoms with E-state index in [2.05, 4.69) is 32.1 Å². The van der Waals surface area contributed by atoms with E-state index in [-0.39, 0.29) is 5.60 Å². The molecular formula is C9H16OSi. The van der Waals surface area contributed by atoms with Gasteiger partial charge in [0.2, 0.25) is 0 Å². The van der Waals surface area contributed by atoms with Crippen LogP contribution < -0.4 is 0 Å². The van der Waals surface area contributed by atoms with E-state index in [4.69, 9.17) is 4.43 Å². The first-order valence-electron chi connectivity index (χ1n) is 4.04. The minimum Gasteiger partial charge on any atom is -0.423 e. The number of hydrogen-bond donors (Lipinski definition) is 0. The van der Waals surface area contributed by atoms with Crippen LogP contribution in [0.5, 0.6) is 0 Å². The quantitative estimate of drug-likeness (QED) is 0.578. The van der Waals surface area contributed by atoms with Crippen LogP contribution in [0.3, 0.4) is 0 Å². The van der Waals surface area contributed by atoms with Gasteiger partial charge in [0.1, 0.15) is 10.5 Å². The van der Waals surface area contributed by atoms with Gasteiger partial charge in [0.25, 0.3) is 0 Å². The van der Waals surface area contributed by atoms with Gasteiger partial charge < -0.3 is 4.43 Å². The highest BCUT2D eigenvalue weighted by atomic mass is 28.2. The standard InChI is InChI=1S/C9H16OSi/c1-9(2,10-11)7-8-5-3-4-6-8/h3-5H,6-7H2,1-2,11H3. The van der Waals surface area contributed by atoms with Crippen molar-refractivity contribution in [3.63, 3.8) is 0 Å². The van der Waals surface area contributed by atoms with E-state index in [1.807, 2.05) is 0 Å². The molecule has 0 spiro atoms. The van der Waals surface area contributed by atoms with Crippen LogP contribution >= 0.6 is 0 Å². The average molecular weight is 168 g/mol. The molecule has 0 fully saturated rings. The van der Waals surface area contributed by atoms with Gasteiger partial charge in [-0.2, -0.15) is 0 Å². The number of hydrogen-bond acceptors (Lipinski definition) is 1. The summed E-state index contributed by atoms with van der Waals surface area (Å²) < 4.78 is 5.47. The highest BCUT2D eigenvalue weighted by Gasteiger charge is 2.17. The predicted molar refractivity (Wildman–Crippen MR) is 51.6 cm³/mol. The third-order valence-electron chi connectivity index (χ3n) is 2.05. The zero-order valence-electron chi connectivity index (χ0n) is 7.55. The van der Waals surface area contributed by atoms with Crippen molar-refractivity contribution in [1.29, 1.82) is 0 Å². The van der Waals surface area contributed by atoms with Crippen molar-refractivity contribution in [2.75, 3.05) is 0 Å². The van der Waals surface area contributed by atoms with Crippen LogP contribution in [0.2, 0.25) is 0 Å². The maximum absolute atomic E-state index is 5.47. The summed E-state index contributed by atoms with van der Waals surface area (Å²) in [5, 5.41) is 0. The molecule has 0 bridgehead atoms. The Morgan fingerprint density at radius 1 is 1.64 bits per heavy atom. The van der Waals surface area contributed by atoms with Crippen LogP contribution in [-0.4, -0.2) is 16.1 Å². The first-order valence-corrected chi connectivity index (χ1v) is 4.85. The molecule has 0 amide bonds. The molecule has 1 nitrogen and oxygen atoms in total. The molecule has 0 aromatic carbocycles. The van der Waals surface area contributed by atoms with Crippen molar-refractivity contribution in [3.05, 3.63) is 23.8 Å². The van der Waals surface area contributed by atoms with Gasteiger partial charge in [-0.1, -0.05) is 23.8 Å². The van der Waals surface area contributed by atoms with Crippen molar-refractivity contribution in [2.45, 2.75) is 32.3 Å². The van der Waals surface area contributed by atoms with E-state index in [1.54, 1.807) is 0 Å². The number of rotatable bonds is 3. The van der Waals surface area contributed by atoms with Crippen LogP contribution in [0.15, 0.2) is 23.8 Å². The van der Waals surface area contributed by atoms with Gasteiger partial charge in [0.15, 0.2) is 0 Å². The van der Waals surface area contributed by atoms with Crippen molar-refractivity contribution in [2.24, 2.45) is 0 Å². The number of allylic oxidation sites excluding steroid dienone is 3. The molecule has 0 unspecified atom stereocenters. The lowest BCUT2D eigenvalue weighted by atomic mass is 9.98. The van der Waals surface area contributed by atoms with Crippen LogP contribution in [0, 0.1) is 0 Å². The maximum atomic E-state index is 5.47. The second-order valence-corrected chi connectivity index (χ2v) is 4.01. The van der Waals surface area contributed by atoms with Crippen LogP contribution in [0.1, 0.15) is 26.7 Å². The molecular weight excluding hydrogens is 152 g/mol. The molecule has 0 radical (unpaired) electrons. The lowest BCUT2D eigenvalue weighted by Crippen LogP contribution is -2.23. The normalized spacial score (nSPS) is 17.5. The van der Waals surface area contributed by atoms with Crippen molar-refractivity contribution < 1.29 is 4.43 Å². The fourth-order valence-corrected chi connectivity index (χ4v) is 1.39. The molecule has 11 heavy (non-hydrogen) atoms. The summed E-state index contributed by atoms with van der Waals surface area (Å²) in [5.74, 6) is 0. The summed E-state index contributed by atoms with van der Waals surface area (Å²) in [6, 6.07) is 0. The van der Waals surface area contributed by atoms with E-state index < -0.39 is 0 Å². The molecule has 1 aliphatic rings. The molecule has 0 aromatic rings. The summed E-state index contributed by atoms with van der Waals surface area (Å²) in [7, 11) is 0.831. The van der Waals surface area contributed by atoms with Crippen LogP contribution in [0.4, 0.5) is 0 Å². The summed E-state index contributed by atoms with van der Waals surface area (Å²) in [4.78, 5) is 0. The lowest BCUT2D eigenvalue weighted by Gasteiger charge is -2.24. The largest absolute Gasteiger partial charge is 0.423 e. The van der Waals surface area contributed by atoms with Crippen LogP contribution in [-0.2, 0) is 4.43 Å². The van der Waals surface area contributed by atoms with Gasteiger partial charge in [0, 0.05) is 0 Å². The lowest BCUT2D eigenvalue weighted by molar-refractivity contribution is 0.123. The fourth-order valence-electron chi connectivity index (χ4n) is 1.24. The Kier molecular flexibility index (Phi) is 2.68. The molecule has 0 N–H and O–H groups in total. The summed E-state index contributed by atoms with van der Waals surface area (Å²) in [6.45, 7) is 4.30. The molecule has 1 aliphatic carbocycles. The highest BCUT2D eigenvalue weighted by molar-refractivity contribution is 5.98. The second-order valence-electron chi connectivity index (χ2n) is 3.60. The second kappa shape index (κ2) is 3.37. The third kappa shape index (κ3) is 2.64. The Balaban J connectivity index is 2.42. The van der Waals surface area contributed by atoms with Gasteiger partial charge >= 0.3 is 0 Å². The summed E-state index contributed by atoms with van der Waals surface area (Å²) in [5.41, 5.74) is 1.55. The van der Waals surface area contributed by atoms with Crippen LogP contribution in [0.25, 0.3) is 0 Å². The molecule has 0 aromatic heterocycles. The van der Waals surface area contributed by atoms with E-state index in [0.717, 1.165) is 23.3 Å².